The molecule has 70 valence electrons. The average Bonchev–Trinajstić information content (AvgIpc) is 2.08. The van der Waals surface area contributed by atoms with Crippen LogP contribution in [0.4, 0.5) is 0 Å². The molecule has 0 fully saturated rings. The summed E-state index contributed by atoms with van der Waals surface area (Å²) < 4.78 is 2.06. The zero-order valence-electron chi connectivity index (χ0n) is 8.36. The van der Waals surface area contributed by atoms with Crippen molar-refractivity contribution in [3.8, 4) is 5.75 Å². The van der Waals surface area contributed by atoms with Crippen molar-refractivity contribution in [3.63, 3.8) is 0 Å². The first-order valence-corrected chi connectivity index (χ1v) is 4.46. The molecule has 0 aromatic heterocycles. The number of phenolic OH excluding ortho intramolecular Hbond substituents is 1. The zero-order valence-corrected chi connectivity index (χ0v) is 8.36. The summed E-state index contributed by atoms with van der Waals surface area (Å²) >= 11 is 0. The van der Waals surface area contributed by atoms with Crippen molar-refractivity contribution >= 4 is 6.21 Å². The molecule has 0 heterocycles. The van der Waals surface area contributed by atoms with Gasteiger partial charge in [0.05, 0.1) is 5.56 Å². The summed E-state index contributed by atoms with van der Waals surface area (Å²) in [5, 5.41) is 9.48. The van der Waals surface area contributed by atoms with Gasteiger partial charge >= 0.3 is 0 Å². The minimum absolute atomic E-state index is 0.329. The van der Waals surface area contributed by atoms with E-state index >= 15 is 0 Å². The molecule has 0 atom stereocenters. The van der Waals surface area contributed by atoms with Gasteiger partial charge < -0.3 is 5.11 Å². The fourth-order valence-electron chi connectivity index (χ4n) is 0.965. The summed E-state index contributed by atoms with van der Waals surface area (Å²) in [7, 11) is 2.00. The molecule has 1 rings (SSSR count). The highest BCUT2D eigenvalue weighted by Crippen LogP contribution is 2.12. The summed E-state index contributed by atoms with van der Waals surface area (Å²) in [6, 6.07) is 7.77. The Morgan fingerprint density at radius 1 is 1.31 bits per heavy atom. The van der Waals surface area contributed by atoms with E-state index in [9.17, 15) is 5.11 Å². The Kier molecular flexibility index (Phi) is 3.07. The maximum Gasteiger partial charge on any atom is 0.174 e. The minimum atomic E-state index is 0.329. The summed E-state index contributed by atoms with van der Waals surface area (Å²) in [5.41, 5.74) is 0.860. The van der Waals surface area contributed by atoms with Gasteiger partial charge in [-0.1, -0.05) is 12.1 Å². The van der Waals surface area contributed by atoms with Crippen LogP contribution >= 0.6 is 0 Å². The van der Waals surface area contributed by atoms with Gasteiger partial charge in [-0.05, 0) is 26.0 Å². The van der Waals surface area contributed by atoms with E-state index in [1.807, 2.05) is 31.5 Å². The Morgan fingerprint density at radius 2 is 1.92 bits per heavy atom. The lowest BCUT2D eigenvalue weighted by Crippen LogP contribution is -2.16. The van der Waals surface area contributed by atoms with Gasteiger partial charge in [-0.15, -0.1) is 0 Å². The van der Waals surface area contributed by atoms with Gasteiger partial charge in [0.25, 0.3) is 0 Å². The first kappa shape index (κ1) is 9.78. The van der Waals surface area contributed by atoms with E-state index in [-0.39, 0.29) is 0 Å². The number of hydrogen-bond acceptors (Lipinski definition) is 1. The molecule has 2 heteroatoms. The second-order valence-electron chi connectivity index (χ2n) is 3.45. The fraction of sp³-hybridized carbons (Fsp3) is 0.364. The Bertz CT molecular complexity index is 316. The maximum atomic E-state index is 9.48. The molecule has 0 radical (unpaired) electrons. The van der Waals surface area contributed by atoms with E-state index in [0.717, 1.165) is 5.56 Å². The van der Waals surface area contributed by atoms with Crippen LogP contribution in [0.25, 0.3) is 0 Å². The van der Waals surface area contributed by atoms with Crippen molar-refractivity contribution in [2.75, 3.05) is 7.05 Å². The molecule has 1 aromatic rings. The van der Waals surface area contributed by atoms with Crippen LogP contribution in [-0.4, -0.2) is 29.0 Å². The number of benzene rings is 1. The normalized spacial score (nSPS) is 12.2. The van der Waals surface area contributed by atoms with Crippen LogP contribution < -0.4 is 0 Å². The quantitative estimate of drug-likeness (QED) is 0.542. The van der Waals surface area contributed by atoms with Crippen molar-refractivity contribution < 1.29 is 9.68 Å². The molecule has 0 amide bonds. The maximum absolute atomic E-state index is 9.48. The number of para-hydroxylation sites is 1. The monoisotopic (exact) mass is 178 g/mol. The summed E-state index contributed by atoms with van der Waals surface area (Å²) in [6.07, 6.45) is 1.94. The van der Waals surface area contributed by atoms with Crippen LogP contribution in [0.5, 0.6) is 5.75 Å². The van der Waals surface area contributed by atoms with Crippen molar-refractivity contribution in [3.05, 3.63) is 29.8 Å². The molecule has 0 spiro atoms. The molecule has 1 N–H and O–H groups in total. The van der Waals surface area contributed by atoms with Gasteiger partial charge in [0.1, 0.15) is 18.8 Å². The predicted octanol–water partition coefficient (Wildman–Crippen LogP) is 1.86. The van der Waals surface area contributed by atoms with Crippen LogP contribution in [0, 0.1) is 0 Å². The Morgan fingerprint density at radius 3 is 2.46 bits per heavy atom. The van der Waals surface area contributed by atoms with E-state index in [1.165, 1.54) is 0 Å². The molecule has 2 nitrogen and oxygen atoms in total. The zero-order chi connectivity index (χ0) is 9.84. The van der Waals surface area contributed by atoms with E-state index in [0.29, 0.717) is 11.8 Å². The SMILES string of the molecule is CC(C)/[N+](C)=C/c1ccccc1O. The van der Waals surface area contributed by atoms with E-state index in [1.54, 1.807) is 6.07 Å². The number of nitrogens with zero attached hydrogens (tertiary/aromatic N) is 1. The molecular formula is C11H16NO+. The third-order valence-electron chi connectivity index (χ3n) is 2.09. The number of phenols is 1. The largest absolute Gasteiger partial charge is 0.507 e. The van der Waals surface area contributed by atoms with E-state index in [4.69, 9.17) is 0 Å². The predicted molar refractivity (Wildman–Crippen MR) is 54.6 cm³/mol. The number of rotatable bonds is 2. The molecule has 13 heavy (non-hydrogen) atoms. The van der Waals surface area contributed by atoms with Gasteiger partial charge in [0.2, 0.25) is 0 Å². The van der Waals surface area contributed by atoms with Gasteiger partial charge in [0, 0.05) is 0 Å². The second kappa shape index (κ2) is 4.08. The fourth-order valence-corrected chi connectivity index (χ4v) is 0.965. The van der Waals surface area contributed by atoms with Crippen LogP contribution in [0.2, 0.25) is 0 Å². The van der Waals surface area contributed by atoms with Crippen molar-refractivity contribution in [1.29, 1.82) is 0 Å². The topological polar surface area (TPSA) is 23.2 Å². The standard InChI is InChI=1S/C11H15NO/c1-9(2)12(3)8-10-6-4-5-7-11(10)13/h4-9H,1-3H3/p+1. The van der Waals surface area contributed by atoms with Crippen LogP contribution in [0.15, 0.2) is 24.3 Å². The molecule has 1 aromatic carbocycles. The Balaban J connectivity index is 2.97. The highest BCUT2D eigenvalue weighted by molar-refractivity contribution is 5.79. The molecule has 0 aliphatic rings. The van der Waals surface area contributed by atoms with Crippen molar-refractivity contribution in [1.82, 2.24) is 0 Å². The molecule has 0 saturated carbocycles. The molecule has 0 bridgehead atoms. The van der Waals surface area contributed by atoms with Gasteiger partial charge in [-0.2, -0.15) is 0 Å². The average molecular weight is 178 g/mol. The molecular weight excluding hydrogens is 162 g/mol. The Labute approximate surface area is 79.2 Å². The smallest absolute Gasteiger partial charge is 0.174 e. The lowest BCUT2D eigenvalue weighted by atomic mass is 10.2. The van der Waals surface area contributed by atoms with Gasteiger partial charge in [0.15, 0.2) is 6.21 Å². The number of aromatic hydroxyl groups is 1. The van der Waals surface area contributed by atoms with E-state index < -0.39 is 0 Å². The highest BCUT2D eigenvalue weighted by Gasteiger charge is 2.04. The third kappa shape index (κ3) is 2.58. The summed E-state index contributed by atoms with van der Waals surface area (Å²) in [4.78, 5) is 0. The number of hydrogen-bond donors (Lipinski definition) is 1. The van der Waals surface area contributed by atoms with Crippen molar-refractivity contribution in [2.45, 2.75) is 19.9 Å². The molecule has 0 unspecified atom stereocenters. The summed E-state index contributed by atoms with van der Waals surface area (Å²) in [5.74, 6) is 0.329. The van der Waals surface area contributed by atoms with Gasteiger partial charge in [-0.25, -0.2) is 4.58 Å². The Hall–Kier alpha value is -1.31. The molecule has 0 aliphatic heterocycles. The lowest BCUT2D eigenvalue weighted by molar-refractivity contribution is -0.524. The van der Waals surface area contributed by atoms with Gasteiger partial charge in [-0.3, -0.25) is 0 Å². The van der Waals surface area contributed by atoms with Crippen molar-refractivity contribution in [2.24, 2.45) is 0 Å². The van der Waals surface area contributed by atoms with Crippen LogP contribution in [0.3, 0.4) is 0 Å². The minimum Gasteiger partial charge on any atom is -0.507 e. The summed E-state index contributed by atoms with van der Waals surface area (Å²) in [6.45, 7) is 4.22. The van der Waals surface area contributed by atoms with Crippen LogP contribution in [0.1, 0.15) is 19.4 Å². The second-order valence-corrected chi connectivity index (χ2v) is 3.45. The van der Waals surface area contributed by atoms with E-state index in [2.05, 4.69) is 18.4 Å². The highest BCUT2D eigenvalue weighted by atomic mass is 16.3. The first-order chi connectivity index (χ1) is 6.11. The van der Waals surface area contributed by atoms with Crippen LogP contribution in [-0.2, 0) is 0 Å². The lowest BCUT2D eigenvalue weighted by Gasteiger charge is -2.01. The third-order valence-corrected chi connectivity index (χ3v) is 2.09. The first-order valence-electron chi connectivity index (χ1n) is 4.46. The molecule has 0 aliphatic carbocycles. The molecule has 0 saturated heterocycles.